The molecule has 1 atom stereocenters. The smallest absolute Gasteiger partial charge is 0.161 e. The molecule has 0 aromatic heterocycles. The molecule has 20 heavy (non-hydrogen) atoms. The lowest BCUT2D eigenvalue weighted by molar-refractivity contribution is 0.0811. The van der Waals surface area contributed by atoms with Gasteiger partial charge in [-0.1, -0.05) is 26.0 Å². The van der Waals surface area contributed by atoms with Crippen molar-refractivity contribution < 1.29 is 14.6 Å². The lowest BCUT2D eigenvalue weighted by atomic mass is 9.78. The van der Waals surface area contributed by atoms with Crippen LogP contribution in [-0.4, -0.2) is 32.0 Å². The molecule has 0 amide bonds. The first-order valence-corrected chi connectivity index (χ1v) is 7.13. The molecule has 1 aromatic carbocycles. The number of aliphatic hydroxyl groups is 1. The number of benzene rings is 1. The molecule has 0 saturated heterocycles. The highest BCUT2D eigenvalue weighted by atomic mass is 16.5. The summed E-state index contributed by atoms with van der Waals surface area (Å²) in [6.45, 7) is 5.36. The summed E-state index contributed by atoms with van der Waals surface area (Å²) in [7, 11) is 1.62. The van der Waals surface area contributed by atoms with Crippen LogP contribution in [0.1, 0.15) is 26.7 Å². The molecule has 0 fully saturated rings. The van der Waals surface area contributed by atoms with E-state index in [9.17, 15) is 5.11 Å². The summed E-state index contributed by atoms with van der Waals surface area (Å²) in [5, 5.41) is 9.66. The molecule has 0 aliphatic rings. The zero-order valence-corrected chi connectivity index (χ0v) is 12.8. The molecule has 4 heteroatoms. The van der Waals surface area contributed by atoms with Crippen molar-refractivity contribution in [3.63, 3.8) is 0 Å². The van der Waals surface area contributed by atoms with Crippen LogP contribution in [0.5, 0.6) is 11.5 Å². The molecule has 0 heterocycles. The van der Waals surface area contributed by atoms with Crippen LogP contribution in [0.2, 0.25) is 0 Å². The molecule has 0 aliphatic heterocycles. The van der Waals surface area contributed by atoms with Crippen molar-refractivity contribution in [1.82, 2.24) is 0 Å². The van der Waals surface area contributed by atoms with E-state index in [0.29, 0.717) is 19.1 Å². The van der Waals surface area contributed by atoms with Crippen molar-refractivity contribution in [2.24, 2.45) is 17.1 Å². The van der Waals surface area contributed by atoms with Crippen molar-refractivity contribution in [3.8, 4) is 11.5 Å². The van der Waals surface area contributed by atoms with Gasteiger partial charge in [0.05, 0.1) is 20.3 Å². The molecule has 1 aromatic rings. The number of nitrogens with two attached hydrogens (primary N) is 1. The second-order valence-corrected chi connectivity index (χ2v) is 5.71. The lowest BCUT2D eigenvalue weighted by Crippen LogP contribution is -2.37. The van der Waals surface area contributed by atoms with Gasteiger partial charge in [-0.15, -0.1) is 0 Å². The predicted octanol–water partition coefficient (Wildman–Crippen LogP) is 2.45. The minimum atomic E-state index is -0.254. The Morgan fingerprint density at radius 1 is 1.25 bits per heavy atom. The number of ether oxygens (including phenoxy) is 2. The fraction of sp³-hybridized carbons (Fsp3) is 0.625. The van der Waals surface area contributed by atoms with Gasteiger partial charge in [0.15, 0.2) is 11.5 Å². The maximum absolute atomic E-state index is 9.66. The summed E-state index contributed by atoms with van der Waals surface area (Å²) in [4.78, 5) is 0. The first-order chi connectivity index (χ1) is 9.56. The minimum Gasteiger partial charge on any atom is -0.493 e. The Balaban J connectivity index is 2.60. The highest BCUT2D eigenvalue weighted by molar-refractivity contribution is 5.39. The average molecular weight is 281 g/mol. The minimum absolute atomic E-state index is 0.0942. The molecule has 1 unspecified atom stereocenters. The van der Waals surface area contributed by atoms with E-state index in [1.807, 2.05) is 24.3 Å². The van der Waals surface area contributed by atoms with E-state index in [-0.39, 0.29) is 12.0 Å². The standard InChI is InChI=1S/C16H27NO3/c1-13(2)10-16(11-17,12-18)8-9-20-15-7-5-4-6-14(15)19-3/h4-7,13,18H,8-12,17H2,1-3H3. The SMILES string of the molecule is COc1ccccc1OCCC(CN)(CO)CC(C)C. The normalized spacial score (nSPS) is 14.1. The van der Waals surface area contributed by atoms with Crippen molar-refractivity contribution >= 4 is 0 Å². The number of methoxy groups -OCH3 is 1. The summed E-state index contributed by atoms with van der Waals surface area (Å²) in [6.07, 6.45) is 1.63. The maximum atomic E-state index is 9.66. The van der Waals surface area contributed by atoms with Gasteiger partial charge in [-0.05, 0) is 30.9 Å². The van der Waals surface area contributed by atoms with Gasteiger partial charge in [0.25, 0.3) is 0 Å². The first-order valence-electron chi connectivity index (χ1n) is 7.13. The van der Waals surface area contributed by atoms with E-state index in [0.717, 1.165) is 24.3 Å². The summed E-state index contributed by atoms with van der Waals surface area (Å²) in [5.74, 6) is 1.94. The molecule has 3 N–H and O–H groups in total. The monoisotopic (exact) mass is 281 g/mol. The van der Waals surface area contributed by atoms with Gasteiger partial charge in [-0.25, -0.2) is 0 Å². The fourth-order valence-corrected chi connectivity index (χ4v) is 2.48. The van der Waals surface area contributed by atoms with Gasteiger partial charge in [0.1, 0.15) is 0 Å². The molecule has 0 aliphatic carbocycles. The number of para-hydroxylation sites is 2. The summed E-state index contributed by atoms with van der Waals surface area (Å²) >= 11 is 0. The van der Waals surface area contributed by atoms with Gasteiger partial charge in [0.2, 0.25) is 0 Å². The van der Waals surface area contributed by atoms with Crippen LogP contribution >= 0.6 is 0 Å². The third-order valence-corrected chi connectivity index (χ3v) is 3.57. The van der Waals surface area contributed by atoms with Crippen LogP contribution in [0.25, 0.3) is 0 Å². The van der Waals surface area contributed by atoms with Gasteiger partial charge in [0, 0.05) is 12.0 Å². The zero-order chi connectivity index (χ0) is 15.0. The van der Waals surface area contributed by atoms with E-state index in [4.69, 9.17) is 15.2 Å². The molecule has 4 nitrogen and oxygen atoms in total. The van der Waals surface area contributed by atoms with E-state index >= 15 is 0 Å². The van der Waals surface area contributed by atoms with Gasteiger partial charge >= 0.3 is 0 Å². The number of hydrogen-bond donors (Lipinski definition) is 2. The predicted molar refractivity (Wildman–Crippen MR) is 81.1 cm³/mol. The van der Waals surface area contributed by atoms with Crippen molar-refractivity contribution in [2.45, 2.75) is 26.7 Å². The highest BCUT2D eigenvalue weighted by Crippen LogP contribution is 2.31. The molecule has 114 valence electrons. The van der Waals surface area contributed by atoms with E-state index in [2.05, 4.69) is 13.8 Å². The van der Waals surface area contributed by atoms with Crippen LogP contribution in [0.3, 0.4) is 0 Å². The van der Waals surface area contributed by atoms with Crippen molar-refractivity contribution in [2.75, 3.05) is 26.9 Å². The van der Waals surface area contributed by atoms with Crippen LogP contribution in [0.4, 0.5) is 0 Å². The Bertz CT molecular complexity index is 389. The van der Waals surface area contributed by atoms with E-state index < -0.39 is 0 Å². The molecule has 1 rings (SSSR count). The van der Waals surface area contributed by atoms with Crippen LogP contribution in [-0.2, 0) is 0 Å². The molecule has 0 spiro atoms. The Labute approximate surface area is 121 Å². The van der Waals surface area contributed by atoms with Crippen molar-refractivity contribution in [3.05, 3.63) is 24.3 Å². The van der Waals surface area contributed by atoms with E-state index in [1.165, 1.54) is 0 Å². The largest absolute Gasteiger partial charge is 0.493 e. The summed E-state index contributed by atoms with van der Waals surface area (Å²) < 4.78 is 11.0. The molecule has 0 saturated carbocycles. The zero-order valence-electron chi connectivity index (χ0n) is 12.8. The third kappa shape index (κ3) is 4.69. The third-order valence-electron chi connectivity index (χ3n) is 3.57. The quantitative estimate of drug-likeness (QED) is 0.729. The number of rotatable bonds is 9. The lowest BCUT2D eigenvalue weighted by Gasteiger charge is -2.32. The fourth-order valence-electron chi connectivity index (χ4n) is 2.48. The topological polar surface area (TPSA) is 64.7 Å². The molecular formula is C16H27NO3. The number of aliphatic hydroxyl groups excluding tert-OH is 1. The molecular weight excluding hydrogens is 254 g/mol. The van der Waals surface area contributed by atoms with Crippen LogP contribution in [0.15, 0.2) is 24.3 Å². The molecule has 0 radical (unpaired) electrons. The number of hydrogen-bond acceptors (Lipinski definition) is 4. The molecule has 0 bridgehead atoms. The van der Waals surface area contributed by atoms with Gasteiger partial charge < -0.3 is 20.3 Å². The van der Waals surface area contributed by atoms with Gasteiger partial charge in [-0.3, -0.25) is 0 Å². The summed E-state index contributed by atoms with van der Waals surface area (Å²) in [5.41, 5.74) is 5.61. The van der Waals surface area contributed by atoms with Crippen LogP contribution < -0.4 is 15.2 Å². The second kappa shape index (κ2) is 8.12. The van der Waals surface area contributed by atoms with E-state index in [1.54, 1.807) is 7.11 Å². The Morgan fingerprint density at radius 3 is 2.40 bits per heavy atom. The van der Waals surface area contributed by atoms with Gasteiger partial charge in [-0.2, -0.15) is 0 Å². The average Bonchev–Trinajstić information content (AvgIpc) is 2.46. The maximum Gasteiger partial charge on any atom is 0.161 e. The second-order valence-electron chi connectivity index (χ2n) is 5.71. The summed E-state index contributed by atoms with van der Waals surface area (Å²) in [6, 6.07) is 7.56. The van der Waals surface area contributed by atoms with Crippen molar-refractivity contribution in [1.29, 1.82) is 0 Å². The Morgan fingerprint density at radius 2 is 1.90 bits per heavy atom. The first kappa shape index (κ1) is 16.8. The Kier molecular flexibility index (Phi) is 6.82. The Hall–Kier alpha value is -1.26. The van der Waals surface area contributed by atoms with Crippen LogP contribution in [0, 0.1) is 11.3 Å². The highest BCUT2D eigenvalue weighted by Gasteiger charge is 2.29.